The number of allylic oxidation sites excluding steroid dienone is 1. The summed E-state index contributed by atoms with van der Waals surface area (Å²) in [6.07, 6.45) is 4.90. The van der Waals surface area contributed by atoms with Crippen molar-refractivity contribution in [3.05, 3.63) is 11.6 Å². The molecule has 178 valence electrons. The van der Waals surface area contributed by atoms with Crippen molar-refractivity contribution < 1.29 is 33.7 Å². The van der Waals surface area contributed by atoms with E-state index in [9.17, 15) is 19.5 Å². The third-order valence-corrected chi connectivity index (χ3v) is 8.89. The van der Waals surface area contributed by atoms with Crippen molar-refractivity contribution in [1.82, 2.24) is 0 Å². The van der Waals surface area contributed by atoms with E-state index in [2.05, 4.69) is 19.9 Å². The molecule has 0 aliphatic heterocycles. The monoisotopic (exact) mass is 448 g/mol. The first kappa shape index (κ1) is 23.3. The number of aliphatic hydroxyl groups excluding tert-OH is 1. The second kappa shape index (κ2) is 8.15. The van der Waals surface area contributed by atoms with Crippen LogP contribution in [0.15, 0.2) is 11.6 Å². The molecule has 3 saturated carbocycles. The molecule has 0 spiro atoms. The first-order chi connectivity index (χ1) is 15.0. The quantitative estimate of drug-likeness (QED) is 0.402. The van der Waals surface area contributed by atoms with Crippen molar-refractivity contribution in [3.63, 3.8) is 0 Å². The summed E-state index contributed by atoms with van der Waals surface area (Å²) in [7, 11) is 0. The molecule has 4 aliphatic rings. The molecule has 0 aromatic heterocycles. The molecule has 0 bridgehead atoms. The van der Waals surface area contributed by atoms with Gasteiger partial charge in [0.1, 0.15) is 18.3 Å². The van der Waals surface area contributed by atoms with Crippen molar-refractivity contribution in [2.24, 2.45) is 28.6 Å². The van der Waals surface area contributed by atoms with Gasteiger partial charge in [-0.05, 0) is 49.4 Å². The summed E-state index contributed by atoms with van der Waals surface area (Å²) in [5.74, 6) is -0.451. The zero-order valence-corrected chi connectivity index (χ0v) is 19.8. The van der Waals surface area contributed by atoms with Crippen LogP contribution in [-0.2, 0) is 28.6 Å². The van der Waals surface area contributed by atoms with Crippen LogP contribution in [0, 0.1) is 28.6 Å². The zero-order chi connectivity index (χ0) is 23.4. The molecule has 0 amide bonds. The van der Waals surface area contributed by atoms with E-state index in [4.69, 9.17) is 14.2 Å². The number of carbonyl (C=O) groups excluding carboxylic acids is 3. The summed E-state index contributed by atoms with van der Waals surface area (Å²) in [4.78, 5) is 35.2. The predicted octanol–water partition coefficient (Wildman–Crippen LogP) is 3.33. The third-order valence-electron chi connectivity index (χ3n) is 8.89. The number of rotatable bonds is 3. The van der Waals surface area contributed by atoms with E-state index < -0.39 is 17.6 Å². The van der Waals surface area contributed by atoms with E-state index >= 15 is 0 Å². The molecule has 9 atom stereocenters. The summed E-state index contributed by atoms with van der Waals surface area (Å²) in [5.41, 5.74) is 0.635. The van der Waals surface area contributed by atoms with Gasteiger partial charge in [-0.2, -0.15) is 0 Å². The minimum Gasteiger partial charge on any atom is -0.462 e. The Morgan fingerprint density at radius 1 is 1.00 bits per heavy atom. The maximum absolute atomic E-state index is 12.1. The van der Waals surface area contributed by atoms with Gasteiger partial charge >= 0.3 is 17.9 Å². The molecular formula is C25H36O7. The highest BCUT2D eigenvalue weighted by atomic mass is 16.6. The lowest BCUT2D eigenvalue weighted by atomic mass is 9.47. The molecule has 0 aromatic rings. The van der Waals surface area contributed by atoms with Crippen LogP contribution in [0.2, 0.25) is 0 Å². The van der Waals surface area contributed by atoms with Crippen LogP contribution in [0.4, 0.5) is 0 Å². The Hall–Kier alpha value is -1.89. The van der Waals surface area contributed by atoms with Crippen LogP contribution in [0.3, 0.4) is 0 Å². The lowest BCUT2D eigenvalue weighted by molar-refractivity contribution is -0.180. The standard InChI is InChI=1S/C25H36O7/c1-13(26)30-17-8-9-24(4)16(10-17)6-7-18-19-11-20(31-14(2)27)23(29)25(19,5)12-21(22(18)24)32-15(3)28/h6,17-23,29H,7-12H2,1-5H3/t17-,18?,19?,20+,21?,22?,23-,24-,25-/m0/s1. The van der Waals surface area contributed by atoms with Crippen molar-refractivity contribution in [2.45, 2.75) is 97.6 Å². The Morgan fingerprint density at radius 3 is 2.25 bits per heavy atom. The Labute approximate surface area is 189 Å². The smallest absolute Gasteiger partial charge is 0.302 e. The lowest BCUT2D eigenvalue weighted by Gasteiger charge is -2.59. The predicted molar refractivity (Wildman–Crippen MR) is 115 cm³/mol. The van der Waals surface area contributed by atoms with Crippen molar-refractivity contribution >= 4 is 17.9 Å². The first-order valence-electron chi connectivity index (χ1n) is 11.8. The van der Waals surface area contributed by atoms with Crippen LogP contribution < -0.4 is 0 Å². The SMILES string of the molecule is CC(=O)OC1C[C@@]2(C)C(C[C@@H](OC(C)=O)[C@@H]2O)C2CC=C3C[C@@H](OC(C)=O)CC[C@]3(C)C12. The number of aliphatic hydroxyl groups is 1. The molecule has 32 heavy (non-hydrogen) atoms. The van der Waals surface area contributed by atoms with E-state index in [1.54, 1.807) is 0 Å². The summed E-state index contributed by atoms with van der Waals surface area (Å²) in [6.45, 7) is 8.57. The molecule has 4 rings (SSSR count). The highest BCUT2D eigenvalue weighted by molar-refractivity contribution is 5.67. The fraction of sp³-hybridized carbons (Fsp3) is 0.800. The molecule has 7 heteroatoms. The van der Waals surface area contributed by atoms with Gasteiger partial charge in [0.2, 0.25) is 0 Å². The van der Waals surface area contributed by atoms with Gasteiger partial charge in [-0.15, -0.1) is 0 Å². The Balaban J connectivity index is 1.69. The van der Waals surface area contributed by atoms with Crippen LogP contribution >= 0.6 is 0 Å². The van der Waals surface area contributed by atoms with Crippen molar-refractivity contribution in [3.8, 4) is 0 Å². The van der Waals surface area contributed by atoms with Gasteiger partial charge in [0.25, 0.3) is 0 Å². The topological polar surface area (TPSA) is 99.1 Å². The third kappa shape index (κ3) is 3.76. The van der Waals surface area contributed by atoms with Gasteiger partial charge in [-0.1, -0.05) is 25.5 Å². The summed E-state index contributed by atoms with van der Waals surface area (Å²) in [5, 5.41) is 11.2. The van der Waals surface area contributed by atoms with Crippen molar-refractivity contribution in [2.75, 3.05) is 0 Å². The number of carbonyl (C=O) groups is 3. The first-order valence-corrected chi connectivity index (χ1v) is 11.8. The molecule has 0 saturated heterocycles. The number of ether oxygens (including phenoxy) is 3. The highest BCUT2D eigenvalue weighted by Crippen LogP contribution is 2.65. The second-order valence-electron chi connectivity index (χ2n) is 10.8. The lowest BCUT2D eigenvalue weighted by Crippen LogP contribution is -2.58. The van der Waals surface area contributed by atoms with Crippen LogP contribution in [-0.4, -0.2) is 47.4 Å². The molecule has 1 N–H and O–H groups in total. The normalized spacial score (nSPS) is 44.9. The summed E-state index contributed by atoms with van der Waals surface area (Å²) >= 11 is 0. The summed E-state index contributed by atoms with van der Waals surface area (Å²) < 4.78 is 16.9. The number of esters is 3. The van der Waals surface area contributed by atoms with Gasteiger partial charge < -0.3 is 19.3 Å². The zero-order valence-electron chi connectivity index (χ0n) is 19.8. The minimum absolute atomic E-state index is 0.106. The molecule has 7 nitrogen and oxygen atoms in total. The van der Waals surface area contributed by atoms with E-state index in [0.717, 1.165) is 19.3 Å². The fourth-order valence-electron chi connectivity index (χ4n) is 7.68. The van der Waals surface area contributed by atoms with E-state index in [1.807, 2.05) is 0 Å². The van der Waals surface area contributed by atoms with Gasteiger partial charge in [0, 0.05) is 38.5 Å². The molecule has 4 unspecified atom stereocenters. The second-order valence-corrected chi connectivity index (χ2v) is 10.8. The number of hydrogen-bond donors (Lipinski definition) is 1. The van der Waals surface area contributed by atoms with E-state index in [1.165, 1.54) is 26.3 Å². The Bertz CT molecular complexity index is 834. The number of fused-ring (bicyclic) bond motifs is 5. The van der Waals surface area contributed by atoms with Crippen LogP contribution in [0.25, 0.3) is 0 Å². The number of hydrogen-bond acceptors (Lipinski definition) is 7. The van der Waals surface area contributed by atoms with Gasteiger partial charge in [0.15, 0.2) is 0 Å². The van der Waals surface area contributed by atoms with Gasteiger partial charge in [0.05, 0.1) is 6.10 Å². The van der Waals surface area contributed by atoms with E-state index in [0.29, 0.717) is 19.3 Å². The maximum atomic E-state index is 12.1. The average Bonchev–Trinajstić information content (AvgIpc) is 2.91. The van der Waals surface area contributed by atoms with Crippen LogP contribution in [0.5, 0.6) is 0 Å². The minimum atomic E-state index is -0.784. The average molecular weight is 449 g/mol. The summed E-state index contributed by atoms with van der Waals surface area (Å²) in [6, 6.07) is 0. The fourth-order valence-corrected chi connectivity index (χ4v) is 7.68. The molecule has 0 radical (unpaired) electrons. The largest absolute Gasteiger partial charge is 0.462 e. The van der Waals surface area contributed by atoms with Crippen molar-refractivity contribution in [1.29, 1.82) is 0 Å². The molecule has 4 aliphatic carbocycles. The van der Waals surface area contributed by atoms with E-state index in [-0.39, 0.29) is 53.3 Å². The Morgan fingerprint density at radius 2 is 1.62 bits per heavy atom. The molecule has 0 aromatic carbocycles. The molecular weight excluding hydrogens is 412 g/mol. The molecule has 3 fully saturated rings. The maximum Gasteiger partial charge on any atom is 0.302 e. The van der Waals surface area contributed by atoms with Crippen LogP contribution in [0.1, 0.15) is 73.1 Å². The van der Waals surface area contributed by atoms with Gasteiger partial charge in [-0.3, -0.25) is 14.4 Å². The highest BCUT2D eigenvalue weighted by Gasteiger charge is 2.65. The van der Waals surface area contributed by atoms with Gasteiger partial charge in [-0.25, -0.2) is 0 Å². The Kier molecular flexibility index (Phi) is 5.93. The molecule has 0 heterocycles.